The van der Waals surface area contributed by atoms with Crippen molar-refractivity contribution < 1.29 is 4.39 Å². The lowest BCUT2D eigenvalue weighted by molar-refractivity contribution is 0.630. The Balaban J connectivity index is 2.26. The lowest BCUT2D eigenvalue weighted by atomic mass is 10.1. The molecule has 2 aromatic heterocycles. The van der Waals surface area contributed by atoms with Crippen LogP contribution in [0.3, 0.4) is 0 Å². The molecular formula is C12H7ClFN3. The van der Waals surface area contributed by atoms with Crippen molar-refractivity contribution in [3.63, 3.8) is 0 Å². The van der Waals surface area contributed by atoms with Crippen molar-refractivity contribution in [1.29, 1.82) is 0 Å². The van der Waals surface area contributed by atoms with Crippen LogP contribution in [-0.4, -0.2) is 14.6 Å². The van der Waals surface area contributed by atoms with Crippen LogP contribution in [0.15, 0.2) is 42.7 Å². The summed E-state index contributed by atoms with van der Waals surface area (Å²) in [5.41, 5.74) is 1.65. The summed E-state index contributed by atoms with van der Waals surface area (Å²) >= 11 is 5.93. The number of rotatable bonds is 1. The molecule has 0 spiro atoms. The van der Waals surface area contributed by atoms with E-state index in [0.717, 1.165) is 0 Å². The highest BCUT2D eigenvalue weighted by Gasteiger charge is 2.10. The smallest absolute Gasteiger partial charge is 0.154 e. The number of aromatic nitrogens is 3. The Bertz CT molecular complexity index is 693. The molecule has 0 aliphatic heterocycles. The van der Waals surface area contributed by atoms with Crippen LogP contribution in [0.2, 0.25) is 5.15 Å². The first-order valence-electron chi connectivity index (χ1n) is 5.00. The molecule has 3 aromatic rings. The number of hydrogen-bond acceptors (Lipinski definition) is 2. The number of benzene rings is 1. The average Bonchev–Trinajstić information content (AvgIpc) is 2.75. The van der Waals surface area contributed by atoms with Gasteiger partial charge in [0.2, 0.25) is 0 Å². The highest BCUT2D eigenvalue weighted by atomic mass is 35.5. The van der Waals surface area contributed by atoms with Gasteiger partial charge in [-0.05, 0) is 18.2 Å². The third kappa shape index (κ3) is 1.66. The summed E-state index contributed by atoms with van der Waals surface area (Å²) in [6, 6.07) is 8.21. The van der Waals surface area contributed by atoms with E-state index in [0.29, 0.717) is 21.9 Å². The molecule has 84 valence electrons. The first-order valence-corrected chi connectivity index (χ1v) is 5.38. The Morgan fingerprint density at radius 2 is 2.06 bits per heavy atom. The van der Waals surface area contributed by atoms with E-state index < -0.39 is 0 Å². The summed E-state index contributed by atoms with van der Waals surface area (Å²) in [4.78, 5) is 3.95. The highest BCUT2D eigenvalue weighted by molar-refractivity contribution is 6.32. The van der Waals surface area contributed by atoms with E-state index in [9.17, 15) is 4.39 Å². The molecule has 0 aliphatic carbocycles. The highest BCUT2D eigenvalue weighted by Crippen LogP contribution is 2.24. The Morgan fingerprint density at radius 1 is 1.24 bits per heavy atom. The predicted molar refractivity (Wildman–Crippen MR) is 63.4 cm³/mol. The normalized spacial score (nSPS) is 10.9. The van der Waals surface area contributed by atoms with Crippen LogP contribution in [0, 0.1) is 5.82 Å². The van der Waals surface area contributed by atoms with Gasteiger partial charge in [0.1, 0.15) is 11.3 Å². The van der Waals surface area contributed by atoms with Gasteiger partial charge in [0.15, 0.2) is 5.15 Å². The second kappa shape index (κ2) is 3.82. The van der Waals surface area contributed by atoms with Crippen LogP contribution < -0.4 is 0 Å². The van der Waals surface area contributed by atoms with Gasteiger partial charge in [-0.2, -0.15) is 5.10 Å². The fraction of sp³-hybridized carbons (Fsp3) is 0. The third-order valence-electron chi connectivity index (χ3n) is 2.49. The maximum Gasteiger partial charge on any atom is 0.154 e. The number of nitrogens with zero attached hydrogens (tertiary/aromatic N) is 3. The van der Waals surface area contributed by atoms with Crippen LogP contribution in [0.5, 0.6) is 0 Å². The average molecular weight is 248 g/mol. The summed E-state index contributed by atoms with van der Waals surface area (Å²) in [5, 5.41) is 4.61. The van der Waals surface area contributed by atoms with E-state index >= 15 is 0 Å². The molecule has 1 aromatic carbocycles. The summed E-state index contributed by atoms with van der Waals surface area (Å²) in [6.07, 6.45) is 3.22. The first kappa shape index (κ1) is 10.2. The molecule has 0 unspecified atom stereocenters. The van der Waals surface area contributed by atoms with Crippen molar-refractivity contribution >= 4 is 17.1 Å². The summed E-state index contributed by atoms with van der Waals surface area (Å²) in [6.45, 7) is 0. The third-order valence-corrected chi connectivity index (χ3v) is 2.78. The Morgan fingerprint density at radius 3 is 2.82 bits per heavy atom. The SMILES string of the molecule is Fc1ccccc1-c1cc2c(Cl)nccn2n1. The first-order chi connectivity index (χ1) is 8.25. The van der Waals surface area contributed by atoms with Crippen LogP contribution >= 0.6 is 11.6 Å². The van der Waals surface area contributed by atoms with Crippen molar-refractivity contribution in [2.24, 2.45) is 0 Å². The Labute approximate surface area is 101 Å². The van der Waals surface area contributed by atoms with E-state index in [4.69, 9.17) is 11.6 Å². The summed E-state index contributed by atoms with van der Waals surface area (Å²) < 4.78 is 15.2. The molecule has 0 bridgehead atoms. The molecule has 0 saturated carbocycles. The van der Waals surface area contributed by atoms with E-state index in [1.165, 1.54) is 6.07 Å². The van der Waals surface area contributed by atoms with E-state index in [1.807, 2.05) is 0 Å². The number of halogens is 2. The van der Waals surface area contributed by atoms with E-state index in [2.05, 4.69) is 10.1 Å². The summed E-state index contributed by atoms with van der Waals surface area (Å²) in [7, 11) is 0. The molecule has 3 nitrogen and oxygen atoms in total. The molecule has 0 fully saturated rings. The van der Waals surface area contributed by atoms with E-state index in [1.54, 1.807) is 41.2 Å². The second-order valence-corrected chi connectivity index (χ2v) is 3.92. The molecule has 17 heavy (non-hydrogen) atoms. The van der Waals surface area contributed by atoms with Gasteiger partial charge in [-0.15, -0.1) is 0 Å². The zero-order chi connectivity index (χ0) is 11.8. The molecule has 3 rings (SSSR count). The second-order valence-electron chi connectivity index (χ2n) is 3.56. The van der Waals surface area contributed by atoms with Crippen molar-refractivity contribution in [2.45, 2.75) is 0 Å². The van der Waals surface area contributed by atoms with Crippen molar-refractivity contribution in [2.75, 3.05) is 0 Å². The molecule has 0 atom stereocenters. The molecular weight excluding hydrogens is 241 g/mol. The van der Waals surface area contributed by atoms with Crippen LogP contribution in [0.4, 0.5) is 4.39 Å². The quantitative estimate of drug-likeness (QED) is 0.661. The molecule has 0 amide bonds. The predicted octanol–water partition coefficient (Wildman–Crippen LogP) is 3.19. The van der Waals surface area contributed by atoms with Crippen molar-refractivity contribution in [1.82, 2.24) is 14.6 Å². The van der Waals surface area contributed by atoms with Crippen molar-refractivity contribution in [3.8, 4) is 11.3 Å². The molecule has 0 saturated heterocycles. The lowest BCUT2D eigenvalue weighted by Crippen LogP contribution is -1.89. The Hall–Kier alpha value is -1.94. The maximum absolute atomic E-state index is 13.6. The van der Waals surface area contributed by atoms with Gasteiger partial charge in [-0.1, -0.05) is 23.7 Å². The molecule has 0 radical (unpaired) electrons. The van der Waals surface area contributed by atoms with Gasteiger partial charge in [0.25, 0.3) is 0 Å². The fourth-order valence-electron chi connectivity index (χ4n) is 1.69. The topological polar surface area (TPSA) is 30.2 Å². The van der Waals surface area contributed by atoms with Gasteiger partial charge in [-0.25, -0.2) is 13.9 Å². The fourth-order valence-corrected chi connectivity index (χ4v) is 1.89. The van der Waals surface area contributed by atoms with Crippen molar-refractivity contribution in [3.05, 3.63) is 53.7 Å². The van der Waals surface area contributed by atoms with Gasteiger partial charge >= 0.3 is 0 Å². The van der Waals surface area contributed by atoms with Gasteiger partial charge in [0.05, 0.1) is 5.69 Å². The number of hydrogen-bond donors (Lipinski definition) is 0. The summed E-state index contributed by atoms with van der Waals surface area (Å²) in [5.74, 6) is -0.306. The molecule has 0 aliphatic rings. The zero-order valence-electron chi connectivity index (χ0n) is 8.64. The lowest BCUT2D eigenvalue weighted by Gasteiger charge is -1.96. The van der Waals surface area contributed by atoms with Crippen LogP contribution in [0.25, 0.3) is 16.8 Å². The van der Waals surface area contributed by atoms with Gasteiger partial charge < -0.3 is 0 Å². The Kier molecular flexibility index (Phi) is 2.30. The minimum atomic E-state index is -0.306. The van der Waals surface area contributed by atoms with Gasteiger partial charge in [0, 0.05) is 18.0 Å². The largest absolute Gasteiger partial charge is 0.241 e. The minimum Gasteiger partial charge on any atom is -0.241 e. The van der Waals surface area contributed by atoms with Crippen LogP contribution in [0.1, 0.15) is 0 Å². The number of fused-ring (bicyclic) bond motifs is 1. The molecule has 0 N–H and O–H groups in total. The zero-order valence-corrected chi connectivity index (χ0v) is 9.39. The molecule has 2 heterocycles. The van der Waals surface area contributed by atoms with E-state index in [-0.39, 0.29) is 5.82 Å². The maximum atomic E-state index is 13.6. The molecule has 5 heteroatoms. The standard InChI is InChI=1S/C12H7ClFN3/c13-12-11-7-10(16-17(11)6-5-15-12)8-3-1-2-4-9(8)14/h1-7H. The van der Waals surface area contributed by atoms with Gasteiger partial charge in [-0.3, -0.25) is 0 Å². The minimum absolute atomic E-state index is 0.306. The van der Waals surface area contributed by atoms with Crippen LogP contribution in [-0.2, 0) is 0 Å². The monoisotopic (exact) mass is 247 g/mol.